The molecule has 5 heteroatoms. The van der Waals surface area contributed by atoms with Crippen LogP contribution in [0, 0.1) is 13.8 Å². The van der Waals surface area contributed by atoms with E-state index in [1.165, 1.54) is 0 Å². The molecule has 0 amide bonds. The van der Waals surface area contributed by atoms with E-state index in [9.17, 15) is 5.11 Å². The second-order valence-electron chi connectivity index (χ2n) is 6.07. The molecule has 0 atom stereocenters. The van der Waals surface area contributed by atoms with E-state index >= 15 is 0 Å². The summed E-state index contributed by atoms with van der Waals surface area (Å²) in [6.07, 6.45) is 1.60. The molecule has 1 aromatic carbocycles. The number of fused-ring (bicyclic) bond motifs is 1. The van der Waals surface area contributed by atoms with Gasteiger partial charge in [0.25, 0.3) is 0 Å². The number of aliphatic hydroxyl groups is 1. The number of pyridine rings is 1. The Morgan fingerprint density at radius 1 is 1.18 bits per heavy atom. The van der Waals surface area contributed by atoms with Gasteiger partial charge in [-0.05, 0) is 66.9 Å². The Hall–Kier alpha value is -1.72. The average Bonchev–Trinajstić information content (AvgIpc) is 2.83. The van der Waals surface area contributed by atoms with E-state index in [0.29, 0.717) is 0 Å². The van der Waals surface area contributed by atoms with Gasteiger partial charge in [0.05, 0.1) is 28.1 Å². The van der Waals surface area contributed by atoms with Gasteiger partial charge < -0.3 is 9.63 Å². The minimum Gasteiger partial charge on any atom is -0.386 e. The molecular weight excluding hydrogens is 344 g/mol. The molecule has 3 aromatic rings. The highest BCUT2D eigenvalue weighted by atomic mass is 79.9. The monoisotopic (exact) mass is 360 g/mol. The summed E-state index contributed by atoms with van der Waals surface area (Å²) in [5.74, 6) is 0. The van der Waals surface area contributed by atoms with Gasteiger partial charge in [-0.1, -0.05) is 11.2 Å². The standard InChI is InChI=1S/C17H17BrN2O2/c1-9-5-13(17(3,4)21)11-7-14(18)16(19-15(11)6-9)12-8-22-20-10(12)2/h5-8,21H,1-4H3. The summed E-state index contributed by atoms with van der Waals surface area (Å²) in [5.41, 5.74) is 4.29. The van der Waals surface area contributed by atoms with E-state index < -0.39 is 5.60 Å². The van der Waals surface area contributed by atoms with E-state index in [1.807, 2.05) is 32.0 Å². The molecule has 4 nitrogen and oxygen atoms in total. The molecule has 114 valence electrons. The van der Waals surface area contributed by atoms with E-state index in [0.717, 1.165) is 43.5 Å². The summed E-state index contributed by atoms with van der Waals surface area (Å²) in [4.78, 5) is 4.76. The first-order valence-corrected chi connectivity index (χ1v) is 7.82. The van der Waals surface area contributed by atoms with E-state index in [2.05, 4.69) is 21.1 Å². The quantitative estimate of drug-likeness (QED) is 0.730. The fourth-order valence-electron chi connectivity index (χ4n) is 2.61. The maximum absolute atomic E-state index is 10.4. The zero-order valence-corrected chi connectivity index (χ0v) is 14.5. The number of aromatic nitrogens is 2. The van der Waals surface area contributed by atoms with Crippen molar-refractivity contribution in [3.8, 4) is 11.3 Å². The van der Waals surface area contributed by atoms with Gasteiger partial charge in [0, 0.05) is 9.86 Å². The van der Waals surface area contributed by atoms with Crippen molar-refractivity contribution in [3.63, 3.8) is 0 Å². The van der Waals surface area contributed by atoms with Crippen molar-refractivity contribution in [2.75, 3.05) is 0 Å². The number of nitrogens with zero attached hydrogens (tertiary/aromatic N) is 2. The number of halogens is 1. The van der Waals surface area contributed by atoms with Crippen LogP contribution in [0.1, 0.15) is 30.7 Å². The molecule has 2 heterocycles. The molecule has 0 unspecified atom stereocenters. The minimum absolute atomic E-state index is 0.790. The lowest BCUT2D eigenvalue weighted by Gasteiger charge is -2.21. The molecule has 1 N–H and O–H groups in total. The van der Waals surface area contributed by atoms with Gasteiger partial charge in [0.2, 0.25) is 0 Å². The third kappa shape index (κ3) is 2.55. The van der Waals surface area contributed by atoms with Crippen LogP contribution >= 0.6 is 15.9 Å². The normalized spacial score (nSPS) is 12.1. The summed E-state index contributed by atoms with van der Waals surface area (Å²) in [6.45, 7) is 7.46. The smallest absolute Gasteiger partial charge is 0.133 e. The second kappa shape index (κ2) is 5.18. The lowest BCUT2D eigenvalue weighted by atomic mass is 9.92. The van der Waals surface area contributed by atoms with Crippen LogP contribution in [-0.2, 0) is 5.60 Å². The molecule has 0 saturated carbocycles. The lowest BCUT2D eigenvalue weighted by molar-refractivity contribution is 0.0801. The molecule has 0 radical (unpaired) electrons. The molecule has 0 bridgehead atoms. The van der Waals surface area contributed by atoms with Crippen LogP contribution in [0.3, 0.4) is 0 Å². The average molecular weight is 361 g/mol. The topological polar surface area (TPSA) is 59.2 Å². The summed E-state index contributed by atoms with van der Waals surface area (Å²) in [7, 11) is 0. The summed E-state index contributed by atoms with van der Waals surface area (Å²) in [5, 5.41) is 15.3. The predicted octanol–water partition coefficient (Wildman–Crippen LogP) is 4.50. The summed E-state index contributed by atoms with van der Waals surface area (Å²) in [6, 6.07) is 6.01. The van der Waals surface area contributed by atoms with E-state index in [4.69, 9.17) is 9.51 Å². The molecule has 3 rings (SSSR count). The Morgan fingerprint density at radius 3 is 2.50 bits per heavy atom. The first kappa shape index (κ1) is 15.2. The molecule has 0 aliphatic carbocycles. The highest BCUT2D eigenvalue weighted by molar-refractivity contribution is 9.10. The van der Waals surface area contributed by atoms with Gasteiger partial charge in [0.1, 0.15) is 6.26 Å². The first-order valence-electron chi connectivity index (χ1n) is 7.02. The molecule has 2 aromatic heterocycles. The van der Waals surface area contributed by atoms with Gasteiger partial charge in [-0.15, -0.1) is 0 Å². The van der Waals surface area contributed by atoms with E-state index in [-0.39, 0.29) is 0 Å². The van der Waals surface area contributed by atoms with Crippen molar-refractivity contribution in [3.05, 3.63) is 45.8 Å². The summed E-state index contributed by atoms with van der Waals surface area (Å²) >= 11 is 3.58. The van der Waals surface area contributed by atoms with Crippen LogP contribution in [0.5, 0.6) is 0 Å². The van der Waals surface area contributed by atoms with Crippen LogP contribution in [0.15, 0.2) is 33.5 Å². The zero-order valence-electron chi connectivity index (χ0n) is 12.9. The number of hydrogen-bond acceptors (Lipinski definition) is 4. The maximum Gasteiger partial charge on any atom is 0.133 e. The predicted molar refractivity (Wildman–Crippen MR) is 89.7 cm³/mol. The lowest BCUT2D eigenvalue weighted by Crippen LogP contribution is -2.16. The minimum atomic E-state index is -0.931. The number of benzene rings is 1. The van der Waals surface area contributed by atoms with Gasteiger partial charge in [-0.3, -0.25) is 0 Å². The highest BCUT2D eigenvalue weighted by Gasteiger charge is 2.21. The van der Waals surface area contributed by atoms with Crippen LogP contribution in [0.2, 0.25) is 0 Å². The molecule has 0 aliphatic heterocycles. The fourth-order valence-corrected chi connectivity index (χ4v) is 3.14. The maximum atomic E-state index is 10.4. The van der Waals surface area contributed by atoms with Crippen LogP contribution in [-0.4, -0.2) is 15.2 Å². The third-order valence-corrected chi connectivity index (χ3v) is 4.30. The fraction of sp³-hybridized carbons (Fsp3) is 0.294. The second-order valence-corrected chi connectivity index (χ2v) is 6.92. The van der Waals surface area contributed by atoms with Crippen LogP contribution < -0.4 is 0 Å². The van der Waals surface area contributed by atoms with Gasteiger partial charge in [-0.2, -0.15) is 0 Å². The van der Waals surface area contributed by atoms with Crippen molar-refractivity contribution >= 4 is 26.8 Å². The van der Waals surface area contributed by atoms with Crippen LogP contribution in [0.4, 0.5) is 0 Å². The van der Waals surface area contributed by atoms with Crippen molar-refractivity contribution in [2.24, 2.45) is 0 Å². The summed E-state index contributed by atoms with van der Waals surface area (Å²) < 4.78 is 5.87. The Labute approximate surface area is 137 Å². The molecular formula is C17H17BrN2O2. The molecule has 0 aliphatic rings. The molecule has 22 heavy (non-hydrogen) atoms. The van der Waals surface area contributed by atoms with Gasteiger partial charge in [0.15, 0.2) is 0 Å². The Morgan fingerprint density at radius 2 is 1.91 bits per heavy atom. The van der Waals surface area contributed by atoms with Crippen molar-refractivity contribution in [1.82, 2.24) is 10.1 Å². The zero-order chi connectivity index (χ0) is 16.1. The van der Waals surface area contributed by atoms with E-state index in [1.54, 1.807) is 20.1 Å². The Kier molecular flexibility index (Phi) is 3.57. The number of hydrogen-bond donors (Lipinski definition) is 1. The molecule has 0 spiro atoms. The van der Waals surface area contributed by atoms with Crippen LogP contribution in [0.25, 0.3) is 22.2 Å². The van der Waals surface area contributed by atoms with Crippen molar-refractivity contribution < 1.29 is 9.63 Å². The van der Waals surface area contributed by atoms with Gasteiger partial charge >= 0.3 is 0 Å². The molecule has 0 fully saturated rings. The Bertz CT molecular complexity index is 863. The highest BCUT2D eigenvalue weighted by Crippen LogP contribution is 2.35. The SMILES string of the molecule is Cc1cc(C(C)(C)O)c2cc(Br)c(-c3conc3C)nc2c1. The van der Waals surface area contributed by atoms with Gasteiger partial charge in [-0.25, -0.2) is 4.98 Å². The van der Waals surface area contributed by atoms with Crippen molar-refractivity contribution in [1.29, 1.82) is 0 Å². The van der Waals surface area contributed by atoms with Crippen molar-refractivity contribution in [2.45, 2.75) is 33.3 Å². The Balaban J connectivity index is 2.34. The largest absolute Gasteiger partial charge is 0.386 e. The third-order valence-electron chi connectivity index (χ3n) is 3.70. The number of rotatable bonds is 2. The number of aryl methyl sites for hydroxylation is 2. The molecule has 0 saturated heterocycles. The first-order chi connectivity index (χ1) is 10.3.